The first-order chi connectivity index (χ1) is 13.6. The van der Waals surface area contributed by atoms with E-state index in [1.54, 1.807) is 52.0 Å². The summed E-state index contributed by atoms with van der Waals surface area (Å²) in [5.41, 5.74) is 0.486. The van der Waals surface area contributed by atoms with Gasteiger partial charge in [0.15, 0.2) is 24.1 Å². The number of ether oxygens (including phenoxy) is 5. The standard InChI is InChI=1S/C20H23NO8/c1-19(2)26-11-12(27-19)14-18(29-20(3,4)28-14)25-13(11)17(24)21-15(22)9-7-5-6-8-10(9)16(21)23/h5-8,11-14,17-18,24H,1-4H3/t11-,12+,13+,14-,17?,18-/m1/s1. The van der Waals surface area contributed by atoms with Crippen LogP contribution in [0, 0.1) is 0 Å². The minimum absolute atomic E-state index is 0.243. The van der Waals surface area contributed by atoms with Gasteiger partial charge in [0.25, 0.3) is 11.8 Å². The van der Waals surface area contributed by atoms with Gasteiger partial charge < -0.3 is 28.8 Å². The van der Waals surface area contributed by atoms with Crippen molar-refractivity contribution in [1.82, 2.24) is 4.90 Å². The Balaban J connectivity index is 1.47. The molecule has 2 amide bonds. The molecule has 1 N–H and O–H groups in total. The molecule has 3 saturated heterocycles. The maximum absolute atomic E-state index is 12.8. The molecule has 6 atom stereocenters. The zero-order chi connectivity index (χ0) is 20.7. The number of imide groups is 1. The second kappa shape index (κ2) is 6.07. The largest absolute Gasteiger partial charge is 0.370 e. The summed E-state index contributed by atoms with van der Waals surface area (Å²) in [6.07, 6.45) is -5.41. The van der Waals surface area contributed by atoms with Gasteiger partial charge in [-0.15, -0.1) is 0 Å². The van der Waals surface area contributed by atoms with E-state index >= 15 is 0 Å². The molecule has 29 heavy (non-hydrogen) atoms. The molecule has 9 nitrogen and oxygen atoms in total. The number of hydrogen-bond donors (Lipinski definition) is 1. The second-order valence-corrected chi connectivity index (χ2v) is 8.57. The lowest BCUT2D eigenvalue weighted by Crippen LogP contribution is -2.62. The highest BCUT2D eigenvalue weighted by Gasteiger charge is 2.63. The number of hydrogen-bond acceptors (Lipinski definition) is 8. The topological polar surface area (TPSA) is 104 Å². The highest BCUT2D eigenvalue weighted by Crippen LogP contribution is 2.45. The van der Waals surface area contributed by atoms with Crippen LogP contribution >= 0.6 is 0 Å². The Hall–Kier alpha value is -1.88. The van der Waals surface area contributed by atoms with Gasteiger partial charge in [-0.2, -0.15) is 0 Å². The summed E-state index contributed by atoms with van der Waals surface area (Å²) < 4.78 is 29.7. The van der Waals surface area contributed by atoms with E-state index in [4.69, 9.17) is 23.7 Å². The molecule has 3 fully saturated rings. The third-order valence-electron chi connectivity index (χ3n) is 5.57. The first-order valence-corrected chi connectivity index (χ1v) is 9.60. The molecule has 5 rings (SSSR count). The Morgan fingerprint density at radius 2 is 1.38 bits per heavy atom. The molecule has 4 heterocycles. The molecule has 0 radical (unpaired) electrons. The zero-order valence-corrected chi connectivity index (χ0v) is 16.5. The third-order valence-corrected chi connectivity index (χ3v) is 5.57. The first-order valence-electron chi connectivity index (χ1n) is 9.60. The summed E-state index contributed by atoms with van der Waals surface area (Å²) in [4.78, 5) is 26.4. The Morgan fingerprint density at radius 3 is 2.00 bits per heavy atom. The Bertz CT molecular complexity index is 848. The monoisotopic (exact) mass is 405 g/mol. The molecule has 1 unspecified atom stereocenters. The second-order valence-electron chi connectivity index (χ2n) is 8.57. The summed E-state index contributed by atoms with van der Waals surface area (Å²) in [6, 6.07) is 6.44. The molecule has 4 aliphatic heterocycles. The molecule has 4 aliphatic rings. The molecule has 9 heteroatoms. The summed E-state index contributed by atoms with van der Waals surface area (Å²) >= 11 is 0. The Morgan fingerprint density at radius 1 is 0.862 bits per heavy atom. The highest BCUT2D eigenvalue weighted by atomic mass is 16.9. The summed E-state index contributed by atoms with van der Waals surface area (Å²) in [5, 5.41) is 11.1. The van der Waals surface area contributed by atoms with Gasteiger partial charge in [-0.3, -0.25) is 9.59 Å². The lowest BCUT2D eigenvalue weighted by atomic mass is 9.97. The van der Waals surface area contributed by atoms with Crippen molar-refractivity contribution in [3.05, 3.63) is 35.4 Å². The number of carbonyl (C=O) groups is 2. The molecule has 0 spiro atoms. The van der Waals surface area contributed by atoms with Gasteiger partial charge in [-0.1, -0.05) is 12.1 Å². The van der Waals surface area contributed by atoms with E-state index in [9.17, 15) is 14.7 Å². The third kappa shape index (κ3) is 2.84. The van der Waals surface area contributed by atoms with E-state index in [0.717, 1.165) is 4.90 Å². The smallest absolute Gasteiger partial charge is 0.263 e. The van der Waals surface area contributed by atoms with Crippen molar-refractivity contribution >= 4 is 11.8 Å². The van der Waals surface area contributed by atoms with Crippen LogP contribution in [0.4, 0.5) is 0 Å². The number of amides is 2. The van der Waals surface area contributed by atoms with E-state index in [-0.39, 0.29) is 11.1 Å². The molecule has 0 bridgehead atoms. The number of aliphatic hydroxyl groups excluding tert-OH is 1. The Kier molecular flexibility index (Phi) is 4.00. The maximum Gasteiger partial charge on any atom is 0.263 e. The number of fused-ring (bicyclic) bond motifs is 4. The fraction of sp³-hybridized carbons (Fsp3) is 0.600. The van der Waals surface area contributed by atoms with Gasteiger partial charge in [-0.25, -0.2) is 4.90 Å². The number of nitrogens with zero attached hydrogens (tertiary/aromatic N) is 1. The van der Waals surface area contributed by atoms with Gasteiger partial charge in [-0.05, 0) is 39.8 Å². The van der Waals surface area contributed by atoms with Gasteiger partial charge >= 0.3 is 0 Å². The summed E-state index contributed by atoms with van der Waals surface area (Å²) in [5.74, 6) is -3.03. The van der Waals surface area contributed by atoms with Crippen LogP contribution in [0.15, 0.2) is 24.3 Å². The fourth-order valence-corrected chi connectivity index (χ4v) is 4.48. The quantitative estimate of drug-likeness (QED) is 0.727. The number of carbonyl (C=O) groups excluding carboxylic acids is 2. The van der Waals surface area contributed by atoms with Crippen LogP contribution in [0.2, 0.25) is 0 Å². The molecule has 0 aromatic heterocycles. The van der Waals surface area contributed by atoms with Crippen molar-refractivity contribution in [2.45, 2.75) is 76.2 Å². The van der Waals surface area contributed by atoms with Crippen LogP contribution in [-0.2, 0) is 23.7 Å². The highest BCUT2D eigenvalue weighted by molar-refractivity contribution is 6.21. The van der Waals surface area contributed by atoms with Crippen LogP contribution in [0.25, 0.3) is 0 Å². The maximum atomic E-state index is 12.8. The first kappa shape index (κ1) is 19.1. The average molecular weight is 405 g/mol. The number of rotatable bonds is 2. The van der Waals surface area contributed by atoms with Gasteiger partial charge in [0.1, 0.15) is 24.4 Å². The SMILES string of the molecule is CC1(C)O[C@H]2[C@@H](O1)[C@@H](C(O)N1C(=O)c3ccccc3C1=O)O[C@@H]1OC(C)(C)O[C@@H]12. The van der Waals surface area contributed by atoms with Gasteiger partial charge in [0, 0.05) is 0 Å². The van der Waals surface area contributed by atoms with E-state index in [2.05, 4.69) is 0 Å². The Labute approximate surface area is 167 Å². The predicted molar refractivity (Wildman–Crippen MR) is 95.5 cm³/mol. The van der Waals surface area contributed by atoms with Crippen molar-refractivity contribution in [1.29, 1.82) is 0 Å². The molecule has 1 aromatic rings. The minimum Gasteiger partial charge on any atom is -0.370 e. The van der Waals surface area contributed by atoms with Gasteiger partial charge in [0.2, 0.25) is 0 Å². The van der Waals surface area contributed by atoms with Crippen LogP contribution < -0.4 is 0 Å². The van der Waals surface area contributed by atoms with E-state index in [1.807, 2.05) is 0 Å². The van der Waals surface area contributed by atoms with E-state index < -0.39 is 60.3 Å². The molecule has 156 valence electrons. The van der Waals surface area contributed by atoms with Crippen molar-refractivity contribution in [2.75, 3.05) is 0 Å². The average Bonchev–Trinajstić information content (AvgIpc) is 3.22. The van der Waals surface area contributed by atoms with Crippen molar-refractivity contribution in [3.63, 3.8) is 0 Å². The fourth-order valence-electron chi connectivity index (χ4n) is 4.48. The summed E-state index contributed by atoms with van der Waals surface area (Å²) in [6.45, 7) is 6.99. The molecular formula is C20H23NO8. The van der Waals surface area contributed by atoms with Crippen molar-refractivity contribution in [3.8, 4) is 0 Å². The molecule has 0 saturated carbocycles. The van der Waals surface area contributed by atoms with E-state index in [1.165, 1.54) is 0 Å². The number of aliphatic hydroxyl groups is 1. The molecular weight excluding hydrogens is 382 g/mol. The number of benzene rings is 1. The zero-order valence-electron chi connectivity index (χ0n) is 16.5. The van der Waals surface area contributed by atoms with Crippen LogP contribution in [0.3, 0.4) is 0 Å². The van der Waals surface area contributed by atoms with Crippen molar-refractivity contribution < 1.29 is 38.4 Å². The van der Waals surface area contributed by atoms with Crippen molar-refractivity contribution in [2.24, 2.45) is 0 Å². The van der Waals surface area contributed by atoms with Crippen LogP contribution in [-0.4, -0.2) is 70.3 Å². The predicted octanol–water partition coefficient (Wildman–Crippen LogP) is 0.997. The minimum atomic E-state index is -1.58. The normalized spacial score (nSPS) is 38.0. The lowest BCUT2D eigenvalue weighted by Gasteiger charge is -2.40. The van der Waals surface area contributed by atoms with Crippen LogP contribution in [0.1, 0.15) is 48.4 Å². The summed E-state index contributed by atoms with van der Waals surface area (Å²) in [7, 11) is 0. The molecule has 1 aromatic carbocycles. The van der Waals surface area contributed by atoms with E-state index in [0.29, 0.717) is 0 Å². The molecule has 0 aliphatic carbocycles. The lowest BCUT2D eigenvalue weighted by molar-refractivity contribution is -0.262. The van der Waals surface area contributed by atoms with Crippen LogP contribution in [0.5, 0.6) is 0 Å². The van der Waals surface area contributed by atoms with Gasteiger partial charge in [0.05, 0.1) is 11.1 Å².